The van der Waals surface area contributed by atoms with Gasteiger partial charge in [-0.3, -0.25) is 9.55 Å². The molecule has 0 saturated carbocycles. The predicted molar refractivity (Wildman–Crippen MR) is 292 cm³/mol. The minimum Gasteiger partial charge on any atom is -0.507 e. The van der Waals surface area contributed by atoms with E-state index < -0.39 is 6.85 Å². The first-order valence-corrected chi connectivity index (χ1v) is 24.1. The fraction of sp³-hybridized carbons (Fsp3) is 0.262. The van der Waals surface area contributed by atoms with Gasteiger partial charge in [-0.15, -0.1) is 29.3 Å². The number of para-hydroxylation sites is 1. The Morgan fingerprint density at radius 2 is 1.10 bits per heavy atom. The Kier molecular flexibility index (Phi) is 12.3. The molecule has 358 valence electrons. The van der Waals surface area contributed by atoms with Gasteiger partial charge < -0.3 is 5.11 Å². The molecule has 0 saturated heterocycles. The first-order chi connectivity index (χ1) is 33.8. The van der Waals surface area contributed by atoms with Gasteiger partial charge in [-0.2, -0.15) is 0 Å². The molecule has 0 amide bonds. The quantitative estimate of drug-likeness (QED) is 0.162. The first kappa shape index (κ1) is 46.1. The van der Waals surface area contributed by atoms with Crippen molar-refractivity contribution in [2.24, 2.45) is 0 Å². The Bertz CT molecular complexity index is 3490. The second kappa shape index (κ2) is 18.8. The van der Waals surface area contributed by atoms with Crippen LogP contribution in [0.4, 0.5) is 0 Å². The normalized spacial score (nSPS) is 13.1. The number of benzene rings is 7. The molecule has 0 radical (unpaired) electrons. The summed E-state index contributed by atoms with van der Waals surface area (Å²) in [7, 11) is 0. The molecular formula is C65H66N3OPt-. The van der Waals surface area contributed by atoms with Crippen molar-refractivity contribution in [1.82, 2.24) is 14.5 Å². The summed E-state index contributed by atoms with van der Waals surface area (Å²) in [6.07, 6.45) is 1.79. The van der Waals surface area contributed by atoms with Gasteiger partial charge in [0.1, 0.15) is 11.6 Å². The van der Waals surface area contributed by atoms with Gasteiger partial charge in [-0.25, -0.2) is 4.98 Å². The summed E-state index contributed by atoms with van der Waals surface area (Å²) in [6.45, 7) is 24.1. The SMILES string of the molecule is [2H]C([2H])([2H])c1cc(-c2ccnc(-c3[c-]c(-c4cccc5c4nc(-c4cc(C(C)(C)C)cc(C(C)(C)C)c4O)n5-c4ccc(C(C)(C)C)cc4-c4ccccc4)cc(C(C)(C)C)c3)c2)ccc1-c1ccccc1.[Pt]. The van der Waals surface area contributed by atoms with Crippen LogP contribution in [0.25, 0.3) is 83.9 Å². The number of fused-ring (bicyclic) bond motifs is 1. The van der Waals surface area contributed by atoms with Crippen LogP contribution in [-0.4, -0.2) is 19.6 Å². The Morgan fingerprint density at radius 1 is 0.500 bits per heavy atom. The molecular weight excluding hydrogens is 1030 g/mol. The van der Waals surface area contributed by atoms with E-state index in [9.17, 15) is 5.11 Å². The van der Waals surface area contributed by atoms with Crippen molar-refractivity contribution in [3.63, 3.8) is 0 Å². The van der Waals surface area contributed by atoms with Crippen LogP contribution in [0.1, 0.15) is 115 Å². The first-order valence-electron chi connectivity index (χ1n) is 25.6. The number of aromatic nitrogens is 3. The van der Waals surface area contributed by atoms with E-state index in [4.69, 9.17) is 14.1 Å². The van der Waals surface area contributed by atoms with E-state index in [0.29, 0.717) is 28.2 Å². The molecule has 0 fully saturated rings. The van der Waals surface area contributed by atoms with E-state index >= 15 is 0 Å². The van der Waals surface area contributed by atoms with Crippen LogP contribution in [0.2, 0.25) is 0 Å². The van der Waals surface area contributed by atoms with Crippen LogP contribution in [0.15, 0.2) is 158 Å². The predicted octanol–water partition coefficient (Wildman–Crippen LogP) is 17.4. The molecule has 0 aliphatic carbocycles. The third kappa shape index (κ3) is 9.86. The molecule has 70 heavy (non-hydrogen) atoms. The van der Waals surface area contributed by atoms with E-state index in [1.54, 1.807) is 12.3 Å². The van der Waals surface area contributed by atoms with Gasteiger partial charge in [0.05, 0.1) is 22.3 Å². The summed E-state index contributed by atoms with van der Waals surface area (Å²) in [6, 6.07) is 55.5. The summed E-state index contributed by atoms with van der Waals surface area (Å²) in [5.41, 5.74) is 15.5. The van der Waals surface area contributed by atoms with Crippen LogP contribution >= 0.6 is 0 Å². The molecule has 1 N–H and O–H groups in total. The van der Waals surface area contributed by atoms with Crippen LogP contribution in [0.3, 0.4) is 0 Å². The number of hydrogen-bond donors (Lipinski definition) is 1. The minimum atomic E-state index is -2.32. The summed E-state index contributed by atoms with van der Waals surface area (Å²) in [5, 5.41) is 12.6. The van der Waals surface area contributed by atoms with Crippen molar-refractivity contribution < 1.29 is 30.3 Å². The van der Waals surface area contributed by atoms with E-state index in [0.717, 1.165) is 77.9 Å². The smallest absolute Gasteiger partial charge is 0.148 e. The largest absolute Gasteiger partial charge is 0.507 e. The summed E-state index contributed by atoms with van der Waals surface area (Å²) >= 11 is 0. The van der Waals surface area contributed by atoms with Crippen molar-refractivity contribution in [3.05, 3.63) is 192 Å². The number of imidazole rings is 1. The van der Waals surface area contributed by atoms with Gasteiger partial charge in [0.2, 0.25) is 0 Å². The maximum absolute atomic E-state index is 12.6. The number of aryl methyl sites for hydroxylation is 1. The number of hydrogen-bond acceptors (Lipinski definition) is 3. The number of nitrogens with zero attached hydrogens (tertiary/aromatic N) is 3. The van der Waals surface area contributed by atoms with Crippen molar-refractivity contribution in [2.45, 2.75) is 112 Å². The number of rotatable bonds is 7. The average molecular weight is 1100 g/mol. The molecule has 0 aliphatic heterocycles. The molecule has 5 heteroatoms. The standard InChI is InChI=1S/C65H66N3O.Pt/c1-41-33-44(27-29-51(41)42-21-16-14-17-22-42)45-31-32-66-56(37-45)47-34-46(35-49(36-47)63(5,6)7)52-25-20-26-58-59(52)67-61(54-39-50(64(8,9)10)40-55(60(54)69)65(11,12)13)68(58)57-30-28-48(62(2,3)4)38-53(57)43-23-18-15-19-24-43;/h14-33,35-40,69H,1-13H3;/q-1;/i1D3;. The Morgan fingerprint density at radius 3 is 1.73 bits per heavy atom. The average Bonchev–Trinajstić information content (AvgIpc) is 3.72. The minimum absolute atomic E-state index is 0. The zero-order valence-electron chi connectivity index (χ0n) is 45.6. The molecule has 2 heterocycles. The molecule has 0 atom stereocenters. The molecule has 0 aliphatic rings. The van der Waals surface area contributed by atoms with Crippen molar-refractivity contribution in [1.29, 1.82) is 0 Å². The second-order valence-corrected chi connectivity index (χ2v) is 22.7. The molecule has 4 nitrogen and oxygen atoms in total. The van der Waals surface area contributed by atoms with Gasteiger partial charge in [0.15, 0.2) is 0 Å². The van der Waals surface area contributed by atoms with E-state index in [1.165, 1.54) is 5.56 Å². The third-order valence-electron chi connectivity index (χ3n) is 13.4. The van der Waals surface area contributed by atoms with Gasteiger partial charge in [0, 0.05) is 48.2 Å². The molecule has 0 unspecified atom stereocenters. The van der Waals surface area contributed by atoms with Crippen LogP contribution < -0.4 is 0 Å². The Balaban J connectivity index is 0.00000711. The fourth-order valence-electron chi connectivity index (χ4n) is 9.23. The molecule has 2 aromatic heterocycles. The third-order valence-corrected chi connectivity index (χ3v) is 13.4. The maximum Gasteiger partial charge on any atom is 0.148 e. The van der Waals surface area contributed by atoms with Gasteiger partial charge in [0.25, 0.3) is 0 Å². The van der Waals surface area contributed by atoms with Crippen LogP contribution in [0.5, 0.6) is 5.75 Å². The number of pyridine rings is 1. The Hall–Kier alpha value is -6.35. The fourth-order valence-corrected chi connectivity index (χ4v) is 9.23. The van der Waals surface area contributed by atoms with Crippen LogP contribution in [-0.2, 0) is 42.7 Å². The van der Waals surface area contributed by atoms with Gasteiger partial charge in [-0.05, 0) is 103 Å². The summed E-state index contributed by atoms with van der Waals surface area (Å²) < 4.78 is 27.8. The van der Waals surface area contributed by atoms with Crippen LogP contribution in [0, 0.1) is 12.9 Å². The Labute approximate surface area is 435 Å². The molecule has 9 rings (SSSR count). The van der Waals surface area contributed by atoms with Crippen molar-refractivity contribution in [2.75, 3.05) is 0 Å². The molecule has 9 aromatic rings. The van der Waals surface area contributed by atoms with E-state index in [-0.39, 0.29) is 48.5 Å². The zero-order valence-corrected chi connectivity index (χ0v) is 44.9. The van der Waals surface area contributed by atoms with E-state index in [1.807, 2.05) is 60.7 Å². The molecule has 0 bridgehead atoms. The van der Waals surface area contributed by atoms with Gasteiger partial charge >= 0.3 is 0 Å². The second-order valence-electron chi connectivity index (χ2n) is 22.7. The summed E-state index contributed by atoms with van der Waals surface area (Å²) in [5.74, 6) is 0.861. The summed E-state index contributed by atoms with van der Waals surface area (Å²) in [4.78, 5) is 10.6. The van der Waals surface area contributed by atoms with Gasteiger partial charge in [-0.1, -0.05) is 203 Å². The topological polar surface area (TPSA) is 50.9 Å². The molecule has 7 aromatic carbocycles. The maximum atomic E-state index is 12.6. The number of phenols is 1. The van der Waals surface area contributed by atoms with E-state index in [2.05, 4.69) is 179 Å². The monoisotopic (exact) mass is 1100 g/mol. The zero-order chi connectivity index (χ0) is 51.7. The van der Waals surface area contributed by atoms with Crippen molar-refractivity contribution in [3.8, 4) is 78.6 Å². The number of aromatic hydroxyl groups is 1. The van der Waals surface area contributed by atoms with Crippen molar-refractivity contribution >= 4 is 11.0 Å². The number of phenolic OH excluding ortho intramolecular Hbond substituents is 1. The molecule has 0 spiro atoms.